The molecule has 7 nitrogen and oxygen atoms in total. The van der Waals surface area contributed by atoms with E-state index in [9.17, 15) is 4.79 Å². The molecule has 7 heteroatoms. The van der Waals surface area contributed by atoms with E-state index in [4.69, 9.17) is 5.26 Å². The van der Waals surface area contributed by atoms with E-state index in [0.29, 0.717) is 29.4 Å². The Morgan fingerprint density at radius 2 is 2.04 bits per heavy atom. The number of nitrogens with one attached hydrogen (secondary N) is 2. The van der Waals surface area contributed by atoms with Gasteiger partial charge in [0, 0.05) is 18.0 Å². The highest BCUT2D eigenvalue weighted by Gasteiger charge is 2.11. The Labute approximate surface area is 150 Å². The van der Waals surface area contributed by atoms with Crippen molar-refractivity contribution in [2.45, 2.75) is 13.5 Å². The van der Waals surface area contributed by atoms with Gasteiger partial charge in [-0.25, -0.2) is 9.97 Å². The van der Waals surface area contributed by atoms with Crippen LogP contribution in [0, 0.1) is 18.3 Å². The van der Waals surface area contributed by atoms with Gasteiger partial charge in [0.05, 0.1) is 23.9 Å². The zero-order valence-corrected chi connectivity index (χ0v) is 14.1. The number of pyridine rings is 1. The van der Waals surface area contributed by atoms with Crippen molar-refractivity contribution in [1.82, 2.24) is 15.0 Å². The molecule has 0 aliphatic heterocycles. The van der Waals surface area contributed by atoms with E-state index in [1.807, 2.05) is 24.3 Å². The summed E-state index contributed by atoms with van der Waals surface area (Å²) in [7, 11) is 0. The number of amides is 1. The van der Waals surface area contributed by atoms with Crippen molar-refractivity contribution in [2.75, 3.05) is 10.6 Å². The van der Waals surface area contributed by atoms with Crippen LogP contribution in [-0.2, 0) is 6.54 Å². The van der Waals surface area contributed by atoms with Gasteiger partial charge in [-0.15, -0.1) is 0 Å². The topological polar surface area (TPSA) is 104 Å². The fourth-order valence-corrected chi connectivity index (χ4v) is 2.32. The first kappa shape index (κ1) is 17.0. The fourth-order valence-electron chi connectivity index (χ4n) is 2.32. The molecule has 0 radical (unpaired) electrons. The van der Waals surface area contributed by atoms with E-state index in [0.717, 1.165) is 5.69 Å². The number of aromatic nitrogens is 3. The van der Waals surface area contributed by atoms with Crippen LogP contribution in [0.2, 0.25) is 0 Å². The van der Waals surface area contributed by atoms with Gasteiger partial charge in [0.2, 0.25) is 0 Å². The summed E-state index contributed by atoms with van der Waals surface area (Å²) in [5.74, 6) is 0.650. The third kappa shape index (κ3) is 4.39. The summed E-state index contributed by atoms with van der Waals surface area (Å²) in [6.07, 6.45) is 1.72. The lowest BCUT2D eigenvalue weighted by Gasteiger charge is -2.09. The van der Waals surface area contributed by atoms with Crippen LogP contribution in [0.25, 0.3) is 0 Å². The highest BCUT2D eigenvalue weighted by atomic mass is 16.1. The summed E-state index contributed by atoms with van der Waals surface area (Å²) in [6.45, 7) is 2.21. The largest absolute Gasteiger partial charge is 0.364 e. The fraction of sp³-hybridized carbons (Fsp3) is 0.105. The van der Waals surface area contributed by atoms with E-state index in [-0.39, 0.29) is 11.6 Å². The molecule has 0 fully saturated rings. The average molecular weight is 344 g/mol. The van der Waals surface area contributed by atoms with Crippen LogP contribution >= 0.6 is 0 Å². The lowest BCUT2D eigenvalue weighted by atomic mass is 10.2. The third-order valence-electron chi connectivity index (χ3n) is 3.50. The van der Waals surface area contributed by atoms with Crippen LogP contribution < -0.4 is 10.6 Å². The molecule has 2 N–H and O–H groups in total. The normalized spacial score (nSPS) is 10.0. The van der Waals surface area contributed by atoms with Crippen molar-refractivity contribution in [1.29, 1.82) is 5.26 Å². The predicted octanol–water partition coefficient (Wildman–Crippen LogP) is 2.92. The number of hydrogen-bond acceptors (Lipinski definition) is 6. The summed E-state index contributed by atoms with van der Waals surface area (Å²) in [6, 6.07) is 16.0. The molecule has 0 atom stereocenters. The number of hydrogen-bond donors (Lipinski definition) is 2. The van der Waals surface area contributed by atoms with Gasteiger partial charge < -0.3 is 10.6 Å². The third-order valence-corrected chi connectivity index (χ3v) is 3.50. The van der Waals surface area contributed by atoms with Crippen LogP contribution in [0.1, 0.15) is 27.6 Å². The Bertz CT molecular complexity index is 965. The number of carbonyl (C=O) groups is 1. The molecular formula is C19H16N6O. The number of nitrogens with zero attached hydrogens (tertiary/aromatic N) is 4. The molecule has 3 rings (SSSR count). The smallest absolute Gasteiger partial charge is 0.274 e. The van der Waals surface area contributed by atoms with Crippen molar-refractivity contribution in [3.05, 3.63) is 77.5 Å². The molecule has 2 heterocycles. The van der Waals surface area contributed by atoms with E-state index < -0.39 is 0 Å². The second-order valence-corrected chi connectivity index (χ2v) is 5.51. The molecule has 128 valence electrons. The van der Waals surface area contributed by atoms with Gasteiger partial charge in [0.15, 0.2) is 0 Å². The Balaban J connectivity index is 1.74. The minimum absolute atomic E-state index is 0.239. The Morgan fingerprint density at radius 1 is 1.15 bits per heavy atom. The van der Waals surface area contributed by atoms with Crippen LogP contribution in [0.3, 0.4) is 0 Å². The Kier molecular flexibility index (Phi) is 5.15. The van der Waals surface area contributed by atoms with Crippen LogP contribution in [0.15, 0.2) is 54.7 Å². The van der Waals surface area contributed by atoms with Gasteiger partial charge in [-0.05, 0) is 37.3 Å². The molecule has 0 bridgehead atoms. The minimum Gasteiger partial charge on any atom is -0.364 e. The molecule has 3 aromatic rings. The SMILES string of the molecule is Cc1nc(NCc2ccccn2)cc(C(=O)Nc2cccc(C#N)c2)n1. The van der Waals surface area contributed by atoms with Gasteiger partial charge in [0.1, 0.15) is 17.3 Å². The number of nitriles is 1. The molecule has 1 amide bonds. The number of aryl methyl sites for hydroxylation is 1. The second-order valence-electron chi connectivity index (χ2n) is 5.51. The monoisotopic (exact) mass is 344 g/mol. The molecule has 0 spiro atoms. The molecule has 2 aromatic heterocycles. The summed E-state index contributed by atoms with van der Waals surface area (Å²) in [5, 5.41) is 14.8. The maximum absolute atomic E-state index is 12.5. The molecule has 0 unspecified atom stereocenters. The zero-order chi connectivity index (χ0) is 18.4. The highest BCUT2D eigenvalue weighted by Crippen LogP contribution is 2.13. The van der Waals surface area contributed by atoms with Gasteiger partial charge in [-0.1, -0.05) is 12.1 Å². The van der Waals surface area contributed by atoms with E-state index >= 15 is 0 Å². The van der Waals surface area contributed by atoms with Crippen LogP contribution in [-0.4, -0.2) is 20.9 Å². The molecule has 26 heavy (non-hydrogen) atoms. The van der Waals surface area contributed by atoms with E-state index in [1.54, 1.807) is 43.5 Å². The first-order valence-electron chi connectivity index (χ1n) is 7.95. The van der Waals surface area contributed by atoms with Gasteiger partial charge in [-0.3, -0.25) is 9.78 Å². The van der Waals surface area contributed by atoms with Crippen molar-refractivity contribution < 1.29 is 4.79 Å². The average Bonchev–Trinajstić information content (AvgIpc) is 2.67. The maximum Gasteiger partial charge on any atom is 0.274 e. The minimum atomic E-state index is -0.369. The van der Waals surface area contributed by atoms with Crippen LogP contribution in [0.5, 0.6) is 0 Å². The van der Waals surface area contributed by atoms with Gasteiger partial charge >= 0.3 is 0 Å². The second kappa shape index (κ2) is 7.85. The molecular weight excluding hydrogens is 328 g/mol. The summed E-state index contributed by atoms with van der Waals surface area (Å²) in [5.41, 5.74) is 2.11. The molecule has 1 aromatic carbocycles. The Morgan fingerprint density at radius 3 is 2.81 bits per heavy atom. The van der Waals surface area contributed by atoms with Gasteiger partial charge in [-0.2, -0.15) is 5.26 Å². The maximum atomic E-state index is 12.5. The number of benzene rings is 1. The lowest BCUT2D eigenvalue weighted by Crippen LogP contribution is -2.16. The van der Waals surface area contributed by atoms with Crippen molar-refractivity contribution in [3.8, 4) is 6.07 Å². The number of carbonyl (C=O) groups excluding carboxylic acids is 1. The van der Waals surface area contributed by atoms with E-state index in [2.05, 4.69) is 25.6 Å². The Hall–Kier alpha value is -3.79. The summed E-state index contributed by atoms with van der Waals surface area (Å²) >= 11 is 0. The quantitative estimate of drug-likeness (QED) is 0.737. The van der Waals surface area contributed by atoms with Crippen molar-refractivity contribution in [3.63, 3.8) is 0 Å². The van der Waals surface area contributed by atoms with Crippen LogP contribution in [0.4, 0.5) is 11.5 Å². The first-order valence-corrected chi connectivity index (χ1v) is 7.95. The van der Waals surface area contributed by atoms with Crippen molar-refractivity contribution >= 4 is 17.4 Å². The standard InChI is InChI=1S/C19H16N6O/c1-13-23-17(19(26)25-15-7-4-5-14(9-15)11-20)10-18(24-13)22-12-16-6-2-3-8-21-16/h2-10H,12H2,1H3,(H,25,26)(H,22,23,24). The molecule has 0 aliphatic rings. The summed E-state index contributed by atoms with van der Waals surface area (Å²) < 4.78 is 0. The molecule has 0 saturated carbocycles. The molecule has 0 aliphatic carbocycles. The first-order chi connectivity index (χ1) is 12.6. The van der Waals surface area contributed by atoms with Gasteiger partial charge in [0.25, 0.3) is 5.91 Å². The number of rotatable bonds is 5. The van der Waals surface area contributed by atoms with Crippen molar-refractivity contribution in [2.24, 2.45) is 0 Å². The highest BCUT2D eigenvalue weighted by molar-refractivity contribution is 6.03. The molecule has 0 saturated heterocycles. The zero-order valence-electron chi connectivity index (χ0n) is 14.1. The summed E-state index contributed by atoms with van der Waals surface area (Å²) in [4.78, 5) is 25.2. The lowest BCUT2D eigenvalue weighted by molar-refractivity contribution is 0.102. The number of anilines is 2. The van der Waals surface area contributed by atoms with E-state index in [1.165, 1.54) is 0 Å². The predicted molar refractivity (Wildman–Crippen MR) is 97.4 cm³/mol.